The lowest BCUT2D eigenvalue weighted by Gasteiger charge is -2.34. The zero-order chi connectivity index (χ0) is 34.0. The second kappa shape index (κ2) is 16.1. The first kappa shape index (κ1) is 35.0. The van der Waals surface area contributed by atoms with Gasteiger partial charge in [0.2, 0.25) is 11.8 Å². The summed E-state index contributed by atoms with van der Waals surface area (Å²) in [5, 5.41) is 2.96. The second-order valence-corrected chi connectivity index (χ2v) is 13.2. The molecule has 0 aliphatic carbocycles. The van der Waals surface area contributed by atoms with E-state index in [1.807, 2.05) is 75.4 Å². The Hall–Kier alpha value is -4.83. The van der Waals surface area contributed by atoms with Crippen LogP contribution in [0.4, 0.5) is 5.69 Å². The van der Waals surface area contributed by atoms with Gasteiger partial charge in [0.05, 0.1) is 24.8 Å². The average molecular weight is 658 g/mol. The Morgan fingerprint density at radius 3 is 2.00 bits per heavy atom. The molecule has 0 spiro atoms. The highest BCUT2D eigenvalue weighted by atomic mass is 32.2. The van der Waals surface area contributed by atoms with Gasteiger partial charge in [0.1, 0.15) is 12.6 Å². The van der Waals surface area contributed by atoms with Crippen LogP contribution in [0.1, 0.15) is 35.6 Å². The molecule has 1 unspecified atom stereocenters. The topological polar surface area (TPSA) is 105 Å². The van der Waals surface area contributed by atoms with Crippen molar-refractivity contribution in [2.24, 2.45) is 0 Å². The number of anilines is 1. The number of sulfonamides is 1. The summed E-state index contributed by atoms with van der Waals surface area (Å²) in [6, 6.07) is 27.5. The standard InChI is InChI=1S/C37H43N3O6S/c1-6-22-38-37(42)33(23-29-10-8-7-9-11-29)39(25-30-16-12-27(2)13-17-30)36(41)26-40(31-18-14-28(3)15-19-31)47(43,44)32-20-21-34(45-4)35(24-32)46-5/h7-21,24,33H,6,22-23,25-26H2,1-5H3,(H,38,42). The first-order valence-corrected chi connectivity index (χ1v) is 17.0. The van der Waals surface area contributed by atoms with Crippen molar-refractivity contribution in [2.75, 3.05) is 31.6 Å². The third-order valence-corrected chi connectivity index (χ3v) is 9.61. The average Bonchev–Trinajstić information content (AvgIpc) is 3.08. The Balaban J connectivity index is 1.81. The number of aryl methyl sites for hydroxylation is 2. The highest BCUT2D eigenvalue weighted by Gasteiger charge is 2.35. The monoisotopic (exact) mass is 657 g/mol. The van der Waals surface area contributed by atoms with Crippen LogP contribution in [0.3, 0.4) is 0 Å². The number of benzene rings is 4. The van der Waals surface area contributed by atoms with Gasteiger partial charge in [-0.05, 0) is 55.7 Å². The fourth-order valence-electron chi connectivity index (χ4n) is 5.15. The van der Waals surface area contributed by atoms with E-state index in [1.54, 1.807) is 24.3 Å². The van der Waals surface area contributed by atoms with Crippen molar-refractivity contribution in [3.63, 3.8) is 0 Å². The van der Waals surface area contributed by atoms with Crippen LogP contribution >= 0.6 is 0 Å². The van der Waals surface area contributed by atoms with Crippen LogP contribution in [-0.4, -0.2) is 58.5 Å². The molecule has 0 radical (unpaired) electrons. The molecule has 47 heavy (non-hydrogen) atoms. The zero-order valence-electron chi connectivity index (χ0n) is 27.6. The van der Waals surface area contributed by atoms with Crippen LogP contribution in [0.25, 0.3) is 0 Å². The minimum atomic E-state index is -4.30. The predicted octanol–water partition coefficient (Wildman–Crippen LogP) is 5.68. The van der Waals surface area contributed by atoms with E-state index < -0.39 is 28.5 Å². The molecule has 2 amide bonds. The molecule has 4 aromatic carbocycles. The van der Waals surface area contributed by atoms with E-state index in [9.17, 15) is 18.0 Å². The molecule has 4 aromatic rings. The van der Waals surface area contributed by atoms with Gasteiger partial charge < -0.3 is 19.7 Å². The smallest absolute Gasteiger partial charge is 0.264 e. The highest BCUT2D eigenvalue weighted by molar-refractivity contribution is 7.92. The van der Waals surface area contributed by atoms with E-state index in [0.29, 0.717) is 18.0 Å². The first-order chi connectivity index (χ1) is 22.6. The molecule has 1 atom stereocenters. The van der Waals surface area contributed by atoms with Gasteiger partial charge in [-0.2, -0.15) is 0 Å². The zero-order valence-corrected chi connectivity index (χ0v) is 28.4. The fourth-order valence-corrected chi connectivity index (χ4v) is 6.58. The Kier molecular flexibility index (Phi) is 12.0. The summed E-state index contributed by atoms with van der Waals surface area (Å²) in [5.74, 6) is -0.223. The van der Waals surface area contributed by atoms with Gasteiger partial charge in [0.15, 0.2) is 11.5 Å². The van der Waals surface area contributed by atoms with Crippen molar-refractivity contribution in [2.45, 2.75) is 51.1 Å². The molecular formula is C37H43N3O6S. The van der Waals surface area contributed by atoms with E-state index in [1.165, 1.54) is 37.3 Å². The summed E-state index contributed by atoms with van der Waals surface area (Å²) in [4.78, 5) is 29.8. The lowest BCUT2D eigenvalue weighted by Crippen LogP contribution is -2.53. The second-order valence-electron chi connectivity index (χ2n) is 11.4. The molecule has 248 valence electrons. The summed E-state index contributed by atoms with van der Waals surface area (Å²) in [6.45, 7) is 5.84. The summed E-state index contributed by atoms with van der Waals surface area (Å²) in [6.07, 6.45) is 0.974. The molecule has 0 aliphatic heterocycles. The lowest BCUT2D eigenvalue weighted by atomic mass is 10.0. The maximum Gasteiger partial charge on any atom is 0.264 e. The molecule has 0 aromatic heterocycles. The third kappa shape index (κ3) is 8.92. The summed E-state index contributed by atoms with van der Waals surface area (Å²) >= 11 is 0. The van der Waals surface area contributed by atoms with E-state index in [2.05, 4.69) is 5.32 Å². The molecular weight excluding hydrogens is 614 g/mol. The molecule has 1 N–H and O–H groups in total. The number of nitrogens with zero attached hydrogens (tertiary/aromatic N) is 2. The van der Waals surface area contributed by atoms with Gasteiger partial charge in [-0.3, -0.25) is 13.9 Å². The van der Waals surface area contributed by atoms with Gasteiger partial charge in [-0.1, -0.05) is 84.8 Å². The molecule has 0 saturated carbocycles. The predicted molar refractivity (Wildman–Crippen MR) is 184 cm³/mol. The third-order valence-electron chi connectivity index (χ3n) is 7.84. The van der Waals surface area contributed by atoms with E-state index in [0.717, 1.165) is 33.0 Å². The normalized spacial score (nSPS) is 11.8. The van der Waals surface area contributed by atoms with Gasteiger partial charge in [-0.25, -0.2) is 8.42 Å². The van der Waals surface area contributed by atoms with Crippen molar-refractivity contribution in [3.05, 3.63) is 119 Å². The van der Waals surface area contributed by atoms with Gasteiger partial charge in [0.25, 0.3) is 10.0 Å². The van der Waals surface area contributed by atoms with Crippen LogP contribution in [0.2, 0.25) is 0 Å². The van der Waals surface area contributed by atoms with E-state index in [4.69, 9.17) is 9.47 Å². The Bertz CT molecular complexity index is 1740. The Morgan fingerprint density at radius 2 is 1.40 bits per heavy atom. The quantitative estimate of drug-likeness (QED) is 0.176. The number of amides is 2. The molecule has 0 fully saturated rings. The molecule has 9 nitrogen and oxygen atoms in total. The molecule has 10 heteroatoms. The minimum absolute atomic E-state index is 0.0740. The van der Waals surface area contributed by atoms with Crippen LogP contribution in [-0.2, 0) is 32.6 Å². The van der Waals surface area contributed by atoms with Crippen LogP contribution in [0.15, 0.2) is 102 Å². The largest absolute Gasteiger partial charge is 0.493 e. The SMILES string of the molecule is CCCNC(=O)C(Cc1ccccc1)N(Cc1ccc(C)cc1)C(=O)CN(c1ccc(C)cc1)S(=O)(=O)c1ccc(OC)c(OC)c1. The maximum atomic E-state index is 14.6. The number of rotatable bonds is 15. The first-order valence-electron chi connectivity index (χ1n) is 15.6. The number of hydrogen-bond donors (Lipinski definition) is 1. The van der Waals surface area contributed by atoms with Gasteiger partial charge in [-0.15, -0.1) is 0 Å². The van der Waals surface area contributed by atoms with Gasteiger partial charge in [0, 0.05) is 25.6 Å². The van der Waals surface area contributed by atoms with E-state index >= 15 is 0 Å². The number of carbonyl (C=O) groups excluding carboxylic acids is 2. The van der Waals surface area contributed by atoms with Crippen LogP contribution < -0.4 is 19.1 Å². The number of nitrogens with one attached hydrogen (secondary N) is 1. The molecule has 0 bridgehead atoms. The van der Waals surface area contributed by atoms with Crippen molar-refractivity contribution >= 4 is 27.5 Å². The number of carbonyl (C=O) groups is 2. The van der Waals surface area contributed by atoms with Crippen molar-refractivity contribution in [1.29, 1.82) is 0 Å². The van der Waals surface area contributed by atoms with Crippen LogP contribution in [0.5, 0.6) is 11.5 Å². The van der Waals surface area contributed by atoms with Crippen LogP contribution in [0, 0.1) is 13.8 Å². The lowest BCUT2D eigenvalue weighted by molar-refractivity contribution is -0.140. The summed E-state index contributed by atoms with van der Waals surface area (Å²) in [7, 11) is -1.41. The Morgan fingerprint density at radius 1 is 0.787 bits per heavy atom. The van der Waals surface area contributed by atoms with Gasteiger partial charge >= 0.3 is 0 Å². The summed E-state index contributed by atoms with van der Waals surface area (Å²) in [5.41, 5.74) is 3.98. The molecule has 0 aliphatic rings. The minimum Gasteiger partial charge on any atom is -0.493 e. The highest BCUT2D eigenvalue weighted by Crippen LogP contribution is 2.32. The maximum absolute atomic E-state index is 14.6. The van der Waals surface area contributed by atoms with Crippen molar-refractivity contribution < 1.29 is 27.5 Å². The Labute approximate surface area is 278 Å². The van der Waals surface area contributed by atoms with E-state index in [-0.39, 0.29) is 29.5 Å². The van der Waals surface area contributed by atoms with Crippen molar-refractivity contribution in [1.82, 2.24) is 10.2 Å². The molecule has 0 saturated heterocycles. The number of ether oxygens (including phenoxy) is 2. The molecule has 0 heterocycles. The number of methoxy groups -OCH3 is 2. The summed E-state index contributed by atoms with van der Waals surface area (Å²) < 4.78 is 40.5. The van der Waals surface area contributed by atoms with Crippen molar-refractivity contribution in [3.8, 4) is 11.5 Å². The fraction of sp³-hybridized carbons (Fsp3) is 0.297. The number of hydrogen-bond acceptors (Lipinski definition) is 6. The molecule has 4 rings (SSSR count).